The Morgan fingerprint density at radius 3 is 2.53 bits per heavy atom. The molecule has 0 bridgehead atoms. The van der Waals surface area contributed by atoms with Gasteiger partial charge < -0.3 is 15.5 Å². The number of hydrogen-bond donors (Lipinski definition) is 2. The molecule has 1 saturated heterocycles. The van der Waals surface area contributed by atoms with E-state index in [4.69, 9.17) is 0 Å². The molecule has 4 nitrogen and oxygen atoms in total. The van der Waals surface area contributed by atoms with E-state index in [0.29, 0.717) is 19.1 Å². The van der Waals surface area contributed by atoms with Crippen LogP contribution in [-0.4, -0.2) is 49.6 Å². The van der Waals surface area contributed by atoms with Crippen molar-refractivity contribution >= 4 is 5.91 Å². The summed E-state index contributed by atoms with van der Waals surface area (Å²) in [4.78, 5) is 13.8. The summed E-state index contributed by atoms with van der Waals surface area (Å²) in [5.41, 5.74) is 0. The number of carbonyl (C=O) groups excluding carboxylic acids is 1. The van der Waals surface area contributed by atoms with Crippen LogP contribution in [0.1, 0.15) is 33.6 Å². The molecule has 17 heavy (non-hydrogen) atoms. The molecule has 1 aliphatic rings. The second-order valence-corrected chi connectivity index (χ2v) is 5.30. The predicted octanol–water partition coefficient (Wildman–Crippen LogP) is 0.833. The maximum atomic E-state index is 11.3. The molecule has 2 N–H and O–H groups in total. The Labute approximate surface area is 105 Å². The molecule has 0 aromatic rings. The minimum atomic E-state index is 0.108. The van der Waals surface area contributed by atoms with E-state index in [1.807, 2.05) is 6.92 Å². The molecule has 0 radical (unpaired) electrons. The Kier molecular flexibility index (Phi) is 6.52. The lowest BCUT2D eigenvalue weighted by molar-refractivity contribution is -0.120. The summed E-state index contributed by atoms with van der Waals surface area (Å²) in [6.45, 7) is 11.2. The summed E-state index contributed by atoms with van der Waals surface area (Å²) in [6, 6.07) is 0.515. The number of nitrogens with zero attached hydrogens (tertiary/aromatic N) is 1. The van der Waals surface area contributed by atoms with E-state index in [9.17, 15) is 4.79 Å². The van der Waals surface area contributed by atoms with Crippen LogP contribution in [0.3, 0.4) is 0 Å². The third-order valence-electron chi connectivity index (χ3n) is 3.14. The van der Waals surface area contributed by atoms with Crippen LogP contribution in [-0.2, 0) is 4.79 Å². The minimum Gasteiger partial charge on any atom is -0.355 e. The van der Waals surface area contributed by atoms with Crippen molar-refractivity contribution in [1.29, 1.82) is 0 Å². The average molecular weight is 241 g/mol. The van der Waals surface area contributed by atoms with Crippen LogP contribution in [0, 0.1) is 5.92 Å². The van der Waals surface area contributed by atoms with Gasteiger partial charge in [-0.2, -0.15) is 0 Å². The van der Waals surface area contributed by atoms with Gasteiger partial charge in [-0.05, 0) is 38.8 Å². The van der Waals surface area contributed by atoms with E-state index in [2.05, 4.69) is 29.4 Å². The smallest absolute Gasteiger partial charge is 0.233 e. The molecule has 0 saturated carbocycles. The maximum absolute atomic E-state index is 11.3. The summed E-state index contributed by atoms with van der Waals surface area (Å²) in [5.74, 6) is 0.854. The Hall–Kier alpha value is -0.610. The van der Waals surface area contributed by atoms with Crippen molar-refractivity contribution in [3.05, 3.63) is 0 Å². The number of likely N-dealkylation sites (tertiary alicyclic amines) is 1. The van der Waals surface area contributed by atoms with Crippen molar-refractivity contribution in [3.63, 3.8) is 0 Å². The van der Waals surface area contributed by atoms with Gasteiger partial charge in [-0.3, -0.25) is 4.79 Å². The van der Waals surface area contributed by atoms with Crippen LogP contribution in [0.5, 0.6) is 0 Å². The highest BCUT2D eigenvalue weighted by molar-refractivity contribution is 5.77. The summed E-state index contributed by atoms with van der Waals surface area (Å²) >= 11 is 0. The van der Waals surface area contributed by atoms with Gasteiger partial charge in [0.15, 0.2) is 0 Å². The van der Waals surface area contributed by atoms with Crippen molar-refractivity contribution in [3.8, 4) is 0 Å². The summed E-state index contributed by atoms with van der Waals surface area (Å²) in [5, 5.41) is 6.15. The Balaban J connectivity index is 2.12. The molecular weight excluding hydrogens is 214 g/mol. The van der Waals surface area contributed by atoms with Gasteiger partial charge in [0, 0.05) is 19.1 Å². The fraction of sp³-hybridized carbons (Fsp3) is 0.923. The standard InChI is InChI=1S/C13H27N3O/c1-4-14-13(17)9-15-12-5-7-16(8-6-12)10-11(2)3/h11-12,15H,4-10H2,1-3H3,(H,14,17). The molecule has 0 spiro atoms. The Morgan fingerprint density at radius 2 is 2.00 bits per heavy atom. The van der Waals surface area contributed by atoms with E-state index in [0.717, 1.165) is 31.8 Å². The molecule has 0 atom stereocenters. The summed E-state index contributed by atoms with van der Waals surface area (Å²) in [6.07, 6.45) is 2.32. The SMILES string of the molecule is CCNC(=O)CNC1CCN(CC(C)C)CC1. The molecule has 0 unspecified atom stereocenters. The molecular formula is C13H27N3O. The molecule has 0 aliphatic carbocycles. The molecule has 1 heterocycles. The molecule has 1 amide bonds. The second kappa shape index (κ2) is 7.67. The molecule has 100 valence electrons. The van der Waals surface area contributed by atoms with Crippen molar-refractivity contribution in [1.82, 2.24) is 15.5 Å². The molecule has 1 fully saturated rings. The first kappa shape index (κ1) is 14.5. The van der Waals surface area contributed by atoms with E-state index in [1.165, 1.54) is 6.54 Å². The molecule has 4 heteroatoms. The van der Waals surface area contributed by atoms with Gasteiger partial charge in [-0.25, -0.2) is 0 Å². The Morgan fingerprint density at radius 1 is 1.35 bits per heavy atom. The van der Waals surface area contributed by atoms with Crippen molar-refractivity contribution < 1.29 is 4.79 Å². The molecule has 0 aromatic heterocycles. The first-order valence-electron chi connectivity index (χ1n) is 6.84. The number of rotatable bonds is 6. The van der Waals surface area contributed by atoms with Gasteiger partial charge in [0.1, 0.15) is 0 Å². The third kappa shape index (κ3) is 6.03. The van der Waals surface area contributed by atoms with Crippen LogP contribution in [0.4, 0.5) is 0 Å². The predicted molar refractivity (Wildman–Crippen MR) is 71.0 cm³/mol. The lowest BCUT2D eigenvalue weighted by atomic mass is 10.0. The summed E-state index contributed by atoms with van der Waals surface area (Å²) < 4.78 is 0. The van der Waals surface area contributed by atoms with E-state index in [-0.39, 0.29) is 5.91 Å². The Bertz CT molecular complexity index is 223. The highest BCUT2D eigenvalue weighted by Crippen LogP contribution is 2.11. The maximum Gasteiger partial charge on any atom is 0.233 e. The quantitative estimate of drug-likeness (QED) is 0.724. The summed E-state index contributed by atoms with van der Waals surface area (Å²) in [7, 11) is 0. The lowest BCUT2D eigenvalue weighted by Crippen LogP contribution is -2.46. The van der Waals surface area contributed by atoms with Gasteiger partial charge in [0.2, 0.25) is 5.91 Å². The molecule has 0 aromatic carbocycles. The van der Waals surface area contributed by atoms with Gasteiger partial charge in [-0.1, -0.05) is 13.8 Å². The van der Waals surface area contributed by atoms with E-state index >= 15 is 0 Å². The fourth-order valence-electron chi connectivity index (χ4n) is 2.33. The number of amides is 1. The van der Waals surface area contributed by atoms with Gasteiger partial charge in [-0.15, -0.1) is 0 Å². The average Bonchev–Trinajstić information content (AvgIpc) is 2.28. The van der Waals surface area contributed by atoms with E-state index in [1.54, 1.807) is 0 Å². The van der Waals surface area contributed by atoms with Gasteiger partial charge in [0.05, 0.1) is 6.54 Å². The topological polar surface area (TPSA) is 44.4 Å². The highest BCUT2D eigenvalue weighted by atomic mass is 16.1. The number of piperidine rings is 1. The van der Waals surface area contributed by atoms with Crippen molar-refractivity contribution in [2.75, 3.05) is 32.7 Å². The highest BCUT2D eigenvalue weighted by Gasteiger charge is 2.19. The van der Waals surface area contributed by atoms with Crippen LogP contribution in [0.15, 0.2) is 0 Å². The van der Waals surface area contributed by atoms with E-state index < -0.39 is 0 Å². The van der Waals surface area contributed by atoms with Crippen LogP contribution in [0.2, 0.25) is 0 Å². The number of likely N-dealkylation sites (N-methyl/N-ethyl adjacent to an activating group) is 1. The second-order valence-electron chi connectivity index (χ2n) is 5.30. The zero-order valence-corrected chi connectivity index (χ0v) is 11.5. The first-order chi connectivity index (χ1) is 8.11. The zero-order valence-electron chi connectivity index (χ0n) is 11.5. The molecule has 1 rings (SSSR count). The number of hydrogen-bond acceptors (Lipinski definition) is 3. The largest absolute Gasteiger partial charge is 0.355 e. The first-order valence-corrected chi connectivity index (χ1v) is 6.84. The lowest BCUT2D eigenvalue weighted by Gasteiger charge is -2.33. The van der Waals surface area contributed by atoms with Crippen LogP contribution in [0.25, 0.3) is 0 Å². The van der Waals surface area contributed by atoms with Crippen LogP contribution < -0.4 is 10.6 Å². The van der Waals surface area contributed by atoms with Gasteiger partial charge >= 0.3 is 0 Å². The third-order valence-corrected chi connectivity index (χ3v) is 3.14. The minimum absolute atomic E-state index is 0.108. The normalized spacial score (nSPS) is 18.6. The zero-order chi connectivity index (χ0) is 12.7. The van der Waals surface area contributed by atoms with Crippen LogP contribution >= 0.6 is 0 Å². The van der Waals surface area contributed by atoms with Crippen molar-refractivity contribution in [2.45, 2.75) is 39.7 Å². The van der Waals surface area contributed by atoms with Gasteiger partial charge in [0.25, 0.3) is 0 Å². The number of carbonyl (C=O) groups is 1. The fourth-order valence-corrected chi connectivity index (χ4v) is 2.33. The number of nitrogens with one attached hydrogen (secondary N) is 2. The monoisotopic (exact) mass is 241 g/mol. The molecule has 1 aliphatic heterocycles. The van der Waals surface area contributed by atoms with Crippen molar-refractivity contribution in [2.24, 2.45) is 5.92 Å².